The zero-order valence-corrected chi connectivity index (χ0v) is 11.4. The van der Waals surface area contributed by atoms with E-state index in [-0.39, 0.29) is 5.91 Å². The molecule has 0 radical (unpaired) electrons. The van der Waals surface area contributed by atoms with Gasteiger partial charge in [-0.3, -0.25) is 4.79 Å². The van der Waals surface area contributed by atoms with Crippen LogP contribution in [0.4, 0.5) is 0 Å². The lowest BCUT2D eigenvalue weighted by molar-refractivity contribution is -0.120. The first-order chi connectivity index (χ1) is 7.61. The summed E-state index contributed by atoms with van der Waals surface area (Å²) in [5.74, 6) is 0.0866. The van der Waals surface area contributed by atoms with E-state index in [9.17, 15) is 4.79 Å². The summed E-state index contributed by atoms with van der Waals surface area (Å²) in [5, 5.41) is 2.92. The number of halogens is 1. The Morgan fingerprint density at radius 3 is 2.88 bits per heavy atom. The Morgan fingerprint density at radius 1 is 1.50 bits per heavy atom. The minimum absolute atomic E-state index is 0.0866. The molecule has 0 aliphatic heterocycles. The second-order valence-corrected chi connectivity index (χ2v) is 5.27. The summed E-state index contributed by atoms with van der Waals surface area (Å²) >= 11 is 3.49. The van der Waals surface area contributed by atoms with Crippen LogP contribution in [0.25, 0.3) is 0 Å². The molecule has 1 N–H and O–H groups in total. The van der Waals surface area contributed by atoms with Gasteiger partial charge in [-0.15, -0.1) is 0 Å². The molecular weight excluding hydrogens is 266 g/mol. The lowest BCUT2D eigenvalue weighted by atomic mass is 10.1. The maximum absolute atomic E-state index is 11.6. The quantitative estimate of drug-likeness (QED) is 0.828. The van der Waals surface area contributed by atoms with Crippen LogP contribution in [-0.2, 0) is 11.2 Å². The second kappa shape index (κ2) is 6.69. The predicted molar refractivity (Wildman–Crippen MR) is 70.9 cm³/mol. The Balaban J connectivity index is 2.40. The molecule has 1 unspecified atom stereocenters. The summed E-state index contributed by atoms with van der Waals surface area (Å²) in [5.41, 5.74) is 2.26. The predicted octanol–water partition coefficient (Wildman–Crippen LogP) is 2.83. The first-order valence-electron chi connectivity index (χ1n) is 5.58. The highest BCUT2D eigenvalue weighted by atomic mass is 79.9. The van der Waals surface area contributed by atoms with Gasteiger partial charge in [-0.05, 0) is 18.9 Å². The van der Waals surface area contributed by atoms with E-state index < -0.39 is 0 Å². The van der Waals surface area contributed by atoms with Crippen molar-refractivity contribution in [3.63, 3.8) is 0 Å². The summed E-state index contributed by atoms with van der Waals surface area (Å²) in [7, 11) is 0. The molecule has 3 heteroatoms. The van der Waals surface area contributed by atoms with Gasteiger partial charge in [0.1, 0.15) is 0 Å². The molecule has 2 nitrogen and oxygen atoms in total. The first kappa shape index (κ1) is 13.2. The van der Waals surface area contributed by atoms with Crippen LogP contribution in [-0.4, -0.2) is 17.3 Å². The van der Waals surface area contributed by atoms with E-state index in [1.807, 2.05) is 31.2 Å². The van der Waals surface area contributed by atoms with Crippen molar-refractivity contribution >= 4 is 21.8 Å². The van der Waals surface area contributed by atoms with Crippen LogP contribution < -0.4 is 5.32 Å². The Hall–Kier alpha value is -0.830. The maximum Gasteiger partial charge on any atom is 0.224 e. The number of aryl methyl sites for hydroxylation is 1. The fraction of sp³-hybridized carbons (Fsp3) is 0.462. The van der Waals surface area contributed by atoms with Crippen LogP contribution in [0.3, 0.4) is 0 Å². The van der Waals surface area contributed by atoms with Gasteiger partial charge < -0.3 is 5.32 Å². The number of nitrogens with one attached hydrogen (secondary N) is 1. The largest absolute Gasteiger partial charge is 0.355 e. The number of rotatable bonds is 5. The molecule has 1 aromatic rings. The standard InChI is InChI=1S/C13H18BrNO/c1-3-12(14)9-15-13(16)8-11-6-4-5-10(2)7-11/h4-7,12H,3,8-9H2,1-2H3,(H,15,16). The minimum atomic E-state index is 0.0866. The van der Waals surface area contributed by atoms with Crippen LogP contribution in [0, 0.1) is 6.92 Å². The van der Waals surface area contributed by atoms with Gasteiger partial charge in [0.2, 0.25) is 5.91 Å². The van der Waals surface area contributed by atoms with Crippen molar-refractivity contribution in [1.82, 2.24) is 5.32 Å². The van der Waals surface area contributed by atoms with Gasteiger partial charge in [-0.25, -0.2) is 0 Å². The Morgan fingerprint density at radius 2 is 2.25 bits per heavy atom. The van der Waals surface area contributed by atoms with E-state index in [0.717, 1.165) is 12.0 Å². The minimum Gasteiger partial charge on any atom is -0.355 e. The summed E-state index contributed by atoms with van der Waals surface area (Å²) in [4.78, 5) is 12.0. The average Bonchev–Trinajstić information content (AvgIpc) is 2.26. The molecule has 0 saturated carbocycles. The third-order valence-corrected chi connectivity index (χ3v) is 3.38. The molecule has 0 fully saturated rings. The van der Waals surface area contributed by atoms with E-state index >= 15 is 0 Å². The molecule has 0 saturated heterocycles. The zero-order chi connectivity index (χ0) is 12.0. The zero-order valence-electron chi connectivity index (χ0n) is 9.79. The van der Waals surface area contributed by atoms with Gasteiger partial charge in [0, 0.05) is 11.4 Å². The molecule has 1 rings (SSSR count). The number of alkyl halides is 1. The summed E-state index contributed by atoms with van der Waals surface area (Å²) < 4.78 is 0. The Kier molecular flexibility index (Phi) is 5.53. The summed E-state index contributed by atoms with van der Waals surface area (Å²) in [6, 6.07) is 8.05. The van der Waals surface area contributed by atoms with Crippen molar-refractivity contribution in [3.8, 4) is 0 Å². The van der Waals surface area contributed by atoms with E-state index in [1.54, 1.807) is 0 Å². The number of carbonyl (C=O) groups is 1. The molecule has 0 aromatic heterocycles. The van der Waals surface area contributed by atoms with Gasteiger partial charge in [0.05, 0.1) is 6.42 Å². The van der Waals surface area contributed by atoms with Crippen LogP contribution in [0.5, 0.6) is 0 Å². The highest BCUT2D eigenvalue weighted by molar-refractivity contribution is 9.09. The average molecular weight is 284 g/mol. The molecule has 88 valence electrons. The molecule has 16 heavy (non-hydrogen) atoms. The number of hydrogen-bond donors (Lipinski definition) is 1. The van der Waals surface area contributed by atoms with E-state index in [2.05, 4.69) is 28.2 Å². The third kappa shape index (κ3) is 4.79. The smallest absolute Gasteiger partial charge is 0.224 e. The SMILES string of the molecule is CCC(Br)CNC(=O)Cc1cccc(C)c1. The van der Waals surface area contributed by atoms with Crippen molar-refractivity contribution in [2.45, 2.75) is 31.5 Å². The molecule has 1 atom stereocenters. The van der Waals surface area contributed by atoms with Gasteiger partial charge in [0.25, 0.3) is 0 Å². The number of hydrogen-bond acceptors (Lipinski definition) is 1. The fourth-order valence-corrected chi connectivity index (χ4v) is 1.60. The molecule has 0 bridgehead atoms. The lowest BCUT2D eigenvalue weighted by Gasteiger charge is -2.09. The number of benzene rings is 1. The summed E-state index contributed by atoms with van der Waals surface area (Å²) in [6.45, 7) is 4.82. The van der Waals surface area contributed by atoms with Crippen molar-refractivity contribution < 1.29 is 4.79 Å². The van der Waals surface area contributed by atoms with Gasteiger partial charge in [-0.1, -0.05) is 52.7 Å². The molecule has 1 aromatic carbocycles. The number of amides is 1. The Labute approximate surface area is 106 Å². The van der Waals surface area contributed by atoms with E-state index in [4.69, 9.17) is 0 Å². The maximum atomic E-state index is 11.6. The van der Waals surface area contributed by atoms with Crippen LogP contribution in [0.15, 0.2) is 24.3 Å². The summed E-state index contributed by atoms with van der Waals surface area (Å²) in [6.07, 6.45) is 1.48. The monoisotopic (exact) mass is 283 g/mol. The molecule has 1 amide bonds. The number of carbonyl (C=O) groups excluding carboxylic acids is 1. The van der Waals surface area contributed by atoms with Crippen molar-refractivity contribution in [1.29, 1.82) is 0 Å². The first-order valence-corrected chi connectivity index (χ1v) is 6.49. The molecule has 0 aliphatic carbocycles. The highest BCUT2D eigenvalue weighted by Crippen LogP contribution is 2.05. The van der Waals surface area contributed by atoms with Crippen LogP contribution in [0.2, 0.25) is 0 Å². The topological polar surface area (TPSA) is 29.1 Å². The van der Waals surface area contributed by atoms with Crippen LogP contribution >= 0.6 is 15.9 Å². The Bertz CT molecular complexity index is 352. The van der Waals surface area contributed by atoms with Gasteiger partial charge in [-0.2, -0.15) is 0 Å². The second-order valence-electron chi connectivity index (χ2n) is 3.98. The fourth-order valence-electron chi connectivity index (χ4n) is 1.44. The lowest BCUT2D eigenvalue weighted by Crippen LogP contribution is -2.30. The van der Waals surface area contributed by atoms with Gasteiger partial charge in [0.15, 0.2) is 0 Å². The van der Waals surface area contributed by atoms with Gasteiger partial charge >= 0.3 is 0 Å². The van der Waals surface area contributed by atoms with Crippen molar-refractivity contribution in [2.24, 2.45) is 0 Å². The van der Waals surface area contributed by atoms with E-state index in [0.29, 0.717) is 17.8 Å². The van der Waals surface area contributed by atoms with Crippen LogP contribution in [0.1, 0.15) is 24.5 Å². The van der Waals surface area contributed by atoms with Crippen molar-refractivity contribution in [3.05, 3.63) is 35.4 Å². The molecule has 0 aliphatic rings. The van der Waals surface area contributed by atoms with E-state index in [1.165, 1.54) is 5.56 Å². The normalized spacial score (nSPS) is 12.2. The highest BCUT2D eigenvalue weighted by Gasteiger charge is 2.05. The third-order valence-electron chi connectivity index (χ3n) is 2.41. The molecule has 0 spiro atoms. The van der Waals surface area contributed by atoms with Crippen molar-refractivity contribution in [2.75, 3.05) is 6.54 Å². The molecular formula is C13H18BrNO. The molecule has 0 heterocycles.